The Balaban J connectivity index is 1.62. The van der Waals surface area contributed by atoms with Gasteiger partial charge in [-0.25, -0.2) is 0 Å². The van der Waals surface area contributed by atoms with Crippen LogP contribution in [0.5, 0.6) is 0 Å². The lowest BCUT2D eigenvalue weighted by atomic mass is 9.45. The lowest BCUT2D eigenvalue weighted by Gasteiger charge is -2.60. The highest BCUT2D eigenvalue weighted by molar-refractivity contribution is 5.10. The van der Waals surface area contributed by atoms with E-state index in [1.165, 1.54) is 44.9 Å². The van der Waals surface area contributed by atoms with Gasteiger partial charge in [0, 0.05) is 6.04 Å². The second kappa shape index (κ2) is 4.71. The van der Waals surface area contributed by atoms with E-state index in [1.807, 2.05) is 0 Å². The van der Waals surface area contributed by atoms with Gasteiger partial charge in [-0.15, -0.1) is 0 Å². The zero-order valence-corrected chi connectivity index (χ0v) is 13.9. The molecule has 0 spiro atoms. The van der Waals surface area contributed by atoms with E-state index in [1.54, 1.807) is 0 Å². The van der Waals surface area contributed by atoms with E-state index in [-0.39, 0.29) is 6.10 Å². The van der Waals surface area contributed by atoms with Gasteiger partial charge in [0.05, 0.1) is 6.10 Å². The highest BCUT2D eigenvalue weighted by Crippen LogP contribution is 2.65. The molecule has 0 unspecified atom stereocenters. The fourth-order valence-electron chi connectivity index (χ4n) is 7.28. The van der Waals surface area contributed by atoms with Crippen LogP contribution in [0, 0.1) is 34.5 Å². The molecule has 0 saturated heterocycles. The van der Waals surface area contributed by atoms with Crippen LogP contribution in [-0.4, -0.2) is 17.3 Å². The summed E-state index contributed by atoms with van der Waals surface area (Å²) in [7, 11) is 0. The summed E-state index contributed by atoms with van der Waals surface area (Å²) in [5.74, 6) is 3.50. The van der Waals surface area contributed by atoms with Crippen molar-refractivity contribution in [2.24, 2.45) is 40.2 Å². The molecule has 0 aliphatic heterocycles. The van der Waals surface area contributed by atoms with E-state index in [4.69, 9.17) is 5.73 Å². The van der Waals surface area contributed by atoms with Crippen molar-refractivity contribution in [2.75, 3.05) is 0 Å². The third kappa shape index (κ3) is 1.91. The SMILES string of the molecule is C[C@]12CC[C@@H](O)C[C@@H]1CC[C@@H]1[C@H]2CC[C@@]2(C)[C@@H]1CC[C@@H]2N. The zero-order valence-electron chi connectivity index (χ0n) is 13.9. The number of aliphatic hydroxyl groups is 1. The van der Waals surface area contributed by atoms with E-state index in [0.717, 1.165) is 36.5 Å². The van der Waals surface area contributed by atoms with Crippen LogP contribution in [-0.2, 0) is 0 Å². The summed E-state index contributed by atoms with van der Waals surface area (Å²) in [5, 5.41) is 10.1. The highest BCUT2D eigenvalue weighted by Gasteiger charge is 2.59. The van der Waals surface area contributed by atoms with Crippen molar-refractivity contribution in [3.05, 3.63) is 0 Å². The Bertz CT molecular complexity index is 424. The van der Waals surface area contributed by atoms with Crippen molar-refractivity contribution in [3.63, 3.8) is 0 Å². The Hall–Kier alpha value is -0.0800. The minimum absolute atomic E-state index is 0.0200. The Labute approximate surface area is 129 Å². The molecule has 0 bridgehead atoms. The van der Waals surface area contributed by atoms with E-state index in [0.29, 0.717) is 16.9 Å². The Morgan fingerprint density at radius 3 is 2.38 bits per heavy atom. The number of fused-ring (bicyclic) bond motifs is 5. The largest absolute Gasteiger partial charge is 0.393 e. The lowest BCUT2D eigenvalue weighted by Crippen LogP contribution is -2.55. The molecule has 0 amide bonds. The molecule has 0 aromatic carbocycles. The second-order valence-corrected chi connectivity index (χ2v) is 9.31. The molecular weight excluding hydrogens is 258 g/mol. The van der Waals surface area contributed by atoms with Gasteiger partial charge < -0.3 is 10.8 Å². The highest BCUT2D eigenvalue weighted by atomic mass is 16.3. The summed E-state index contributed by atoms with van der Waals surface area (Å²) >= 11 is 0. The molecule has 0 aromatic rings. The molecule has 120 valence electrons. The van der Waals surface area contributed by atoms with Gasteiger partial charge >= 0.3 is 0 Å². The van der Waals surface area contributed by atoms with E-state index < -0.39 is 0 Å². The van der Waals surface area contributed by atoms with Crippen molar-refractivity contribution in [3.8, 4) is 0 Å². The predicted octanol–water partition coefficient (Wildman–Crippen LogP) is 3.72. The first kappa shape index (κ1) is 14.5. The van der Waals surface area contributed by atoms with Crippen molar-refractivity contribution in [1.82, 2.24) is 0 Å². The summed E-state index contributed by atoms with van der Waals surface area (Å²) in [6.07, 6.45) is 11.5. The third-order valence-electron chi connectivity index (χ3n) is 8.71. The van der Waals surface area contributed by atoms with Gasteiger partial charge in [-0.2, -0.15) is 0 Å². The van der Waals surface area contributed by atoms with Crippen LogP contribution in [0.4, 0.5) is 0 Å². The number of aliphatic hydroxyl groups excluding tert-OH is 1. The fraction of sp³-hybridized carbons (Fsp3) is 1.00. The van der Waals surface area contributed by atoms with E-state index >= 15 is 0 Å². The first-order valence-corrected chi connectivity index (χ1v) is 9.39. The normalized spacial score (nSPS) is 60.0. The average Bonchev–Trinajstić information content (AvgIpc) is 2.76. The molecule has 4 saturated carbocycles. The molecule has 4 aliphatic carbocycles. The number of hydrogen-bond acceptors (Lipinski definition) is 2. The molecule has 2 nitrogen and oxygen atoms in total. The van der Waals surface area contributed by atoms with Crippen LogP contribution in [0.2, 0.25) is 0 Å². The lowest BCUT2D eigenvalue weighted by molar-refractivity contribution is -0.122. The number of hydrogen-bond donors (Lipinski definition) is 2. The maximum Gasteiger partial charge on any atom is 0.0543 e. The van der Waals surface area contributed by atoms with Crippen molar-refractivity contribution in [1.29, 1.82) is 0 Å². The second-order valence-electron chi connectivity index (χ2n) is 9.31. The molecule has 8 atom stereocenters. The van der Waals surface area contributed by atoms with Crippen LogP contribution in [0.15, 0.2) is 0 Å². The topological polar surface area (TPSA) is 46.2 Å². The number of nitrogens with two attached hydrogens (primary N) is 1. The molecule has 0 radical (unpaired) electrons. The maximum atomic E-state index is 10.1. The van der Waals surface area contributed by atoms with Crippen LogP contribution in [0.1, 0.15) is 71.6 Å². The van der Waals surface area contributed by atoms with Gasteiger partial charge in [-0.3, -0.25) is 0 Å². The quantitative estimate of drug-likeness (QED) is 0.714. The summed E-state index contributed by atoms with van der Waals surface area (Å²) in [4.78, 5) is 0. The standard InChI is InChI=1S/C19H33NO/c1-18-9-7-13(21)11-12(18)3-4-14-15-5-6-17(20)19(15,2)10-8-16(14)18/h12-17,21H,3-11,20H2,1-2H3/t12-,13+,14-,15+,16+,17-,18-,19-/m0/s1. The Morgan fingerprint density at radius 2 is 1.57 bits per heavy atom. The van der Waals surface area contributed by atoms with E-state index in [9.17, 15) is 5.11 Å². The van der Waals surface area contributed by atoms with Gasteiger partial charge in [-0.05, 0) is 92.3 Å². The van der Waals surface area contributed by atoms with Crippen LogP contribution in [0.3, 0.4) is 0 Å². The molecular formula is C19H33NO. The summed E-state index contributed by atoms with van der Waals surface area (Å²) < 4.78 is 0. The molecule has 4 rings (SSSR count). The number of rotatable bonds is 0. The van der Waals surface area contributed by atoms with Crippen LogP contribution >= 0.6 is 0 Å². The first-order valence-electron chi connectivity index (χ1n) is 9.39. The van der Waals surface area contributed by atoms with Crippen LogP contribution in [0.25, 0.3) is 0 Å². The first-order chi connectivity index (χ1) is 9.95. The molecule has 2 heteroatoms. The van der Waals surface area contributed by atoms with Gasteiger partial charge in [0.2, 0.25) is 0 Å². The van der Waals surface area contributed by atoms with Crippen molar-refractivity contribution in [2.45, 2.75) is 83.8 Å². The van der Waals surface area contributed by atoms with E-state index in [2.05, 4.69) is 13.8 Å². The Kier molecular flexibility index (Phi) is 3.25. The molecule has 0 heterocycles. The molecule has 21 heavy (non-hydrogen) atoms. The third-order valence-corrected chi connectivity index (χ3v) is 8.71. The van der Waals surface area contributed by atoms with Gasteiger partial charge in [0.1, 0.15) is 0 Å². The predicted molar refractivity (Wildman–Crippen MR) is 85.7 cm³/mol. The fourth-order valence-corrected chi connectivity index (χ4v) is 7.28. The Morgan fingerprint density at radius 1 is 0.857 bits per heavy atom. The summed E-state index contributed by atoms with van der Waals surface area (Å²) in [6.45, 7) is 5.06. The molecule has 0 aromatic heterocycles. The van der Waals surface area contributed by atoms with Gasteiger partial charge in [-0.1, -0.05) is 13.8 Å². The average molecular weight is 291 g/mol. The minimum atomic E-state index is -0.0200. The summed E-state index contributed by atoms with van der Waals surface area (Å²) in [6, 6.07) is 0.446. The zero-order chi connectivity index (χ0) is 14.8. The molecule has 4 aliphatic rings. The maximum absolute atomic E-state index is 10.1. The van der Waals surface area contributed by atoms with Crippen molar-refractivity contribution >= 4 is 0 Å². The summed E-state index contributed by atoms with van der Waals surface area (Å²) in [5.41, 5.74) is 7.43. The minimum Gasteiger partial charge on any atom is -0.393 e. The smallest absolute Gasteiger partial charge is 0.0543 e. The van der Waals surface area contributed by atoms with Crippen LogP contribution < -0.4 is 5.73 Å². The van der Waals surface area contributed by atoms with Crippen molar-refractivity contribution < 1.29 is 5.11 Å². The van der Waals surface area contributed by atoms with Gasteiger partial charge in [0.15, 0.2) is 0 Å². The molecule has 3 N–H and O–H groups in total. The molecule has 4 fully saturated rings. The monoisotopic (exact) mass is 291 g/mol. The van der Waals surface area contributed by atoms with Gasteiger partial charge in [0.25, 0.3) is 0 Å².